The van der Waals surface area contributed by atoms with Crippen LogP contribution in [0.3, 0.4) is 0 Å². The fourth-order valence-electron chi connectivity index (χ4n) is 7.89. The number of hydrogen-bond acceptors (Lipinski definition) is 6. The first-order chi connectivity index (χ1) is 18.4. The number of likely N-dealkylation sites (N-methyl/N-ethyl adjacent to an activating group) is 1. The minimum Gasteiger partial charge on any atom is -0.504 e. The van der Waals surface area contributed by atoms with Crippen molar-refractivity contribution in [2.75, 3.05) is 27.2 Å². The van der Waals surface area contributed by atoms with Crippen molar-refractivity contribution in [2.45, 2.75) is 67.7 Å². The molecule has 7 heteroatoms. The predicted octanol–water partition coefficient (Wildman–Crippen LogP) is 2.84. The summed E-state index contributed by atoms with van der Waals surface area (Å²) in [5.41, 5.74) is 1.25. The summed E-state index contributed by atoms with van der Waals surface area (Å²) in [6.45, 7) is 1.93. The number of aliphatic hydroxyl groups is 1. The summed E-state index contributed by atoms with van der Waals surface area (Å²) in [7, 11) is 3.40. The van der Waals surface area contributed by atoms with E-state index in [9.17, 15) is 15.0 Å². The summed E-state index contributed by atoms with van der Waals surface area (Å²) >= 11 is 0. The summed E-state index contributed by atoms with van der Waals surface area (Å²) in [6, 6.07) is 10.8. The molecule has 3 unspecified atom stereocenters. The van der Waals surface area contributed by atoms with Gasteiger partial charge in [0.15, 0.2) is 11.5 Å². The van der Waals surface area contributed by atoms with Crippen molar-refractivity contribution in [1.29, 1.82) is 0 Å². The third kappa shape index (κ3) is 3.26. The number of phenolic OH excluding ortho intramolecular Hbond substituents is 1. The van der Waals surface area contributed by atoms with Crippen molar-refractivity contribution in [3.63, 3.8) is 0 Å². The maximum atomic E-state index is 13.3. The molecule has 0 radical (unpaired) electrons. The Morgan fingerprint density at radius 1 is 1.18 bits per heavy atom. The van der Waals surface area contributed by atoms with E-state index < -0.39 is 17.1 Å². The monoisotopic (exact) mass is 514 g/mol. The van der Waals surface area contributed by atoms with Gasteiger partial charge in [-0.3, -0.25) is 9.69 Å². The molecule has 2 bridgehead atoms. The number of carbonyl (C=O) groups excluding carboxylic acids is 1. The number of methoxy groups -OCH3 is 1. The predicted molar refractivity (Wildman–Crippen MR) is 141 cm³/mol. The van der Waals surface area contributed by atoms with Gasteiger partial charge in [-0.05, 0) is 86.9 Å². The number of amides is 1. The summed E-state index contributed by atoms with van der Waals surface area (Å²) in [5, 5.41) is 23.4. The first kappa shape index (κ1) is 23.9. The van der Waals surface area contributed by atoms with E-state index in [1.165, 1.54) is 12.8 Å². The van der Waals surface area contributed by atoms with Crippen LogP contribution in [0.2, 0.25) is 0 Å². The van der Waals surface area contributed by atoms with Crippen LogP contribution < -0.4 is 9.47 Å². The summed E-state index contributed by atoms with van der Waals surface area (Å²) in [4.78, 5) is 17.5. The average Bonchev–Trinajstić information content (AvgIpc) is 3.67. The van der Waals surface area contributed by atoms with Crippen LogP contribution in [0.25, 0.3) is 0 Å². The van der Waals surface area contributed by atoms with Crippen molar-refractivity contribution < 1.29 is 24.5 Å². The zero-order chi connectivity index (χ0) is 26.2. The van der Waals surface area contributed by atoms with Crippen molar-refractivity contribution >= 4 is 5.91 Å². The second-order valence-electron chi connectivity index (χ2n) is 11.8. The third-order valence-corrected chi connectivity index (χ3v) is 9.95. The quantitative estimate of drug-likeness (QED) is 0.611. The lowest BCUT2D eigenvalue weighted by Gasteiger charge is -2.64. The van der Waals surface area contributed by atoms with E-state index in [-0.39, 0.29) is 23.7 Å². The van der Waals surface area contributed by atoms with Gasteiger partial charge in [-0.15, -0.1) is 0 Å². The number of rotatable bonds is 4. The summed E-state index contributed by atoms with van der Waals surface area (Å²) in [5.74, 6) is 7.58. The Hall–Kier alpha value is -3.21. The maximum Gasteiger partial charge on any atom is 0.298 e. The van der Waals surface area contributed by atoms with Gasteiger partial charge in [0, 0.05) is 36.7 Å². The minimum atomic E-state index is -0.966. The maximum absolute atomic E-state index is 13.3. The highest BCUT2D eigenvalue weighted by Gasteiger charge is 2.73. The van der Waals surface area contributed by atoms with Crippen molar-refractivity contribution in [3.8, 4) is 29.1 Å². The van der Waals surface area contributed by atoms with E-state index in [4.69, 9.17) is 9.47 Å². The SMILES string of the molecule is COc1ccc(C#CC(=O)N(C)C2CCC3(O)[C@@H]4Cc5ccc(O)c6c5[C@@]3(CCN4CC3CC3)C2O6)cc1. The van der Waals surface area contributed by atoms with Gasteiger partial charge in [0.25, 0.3) is 5.91 Å². The number of ether oxygens (including phenoxy) is 2. The standard InChI is InChI=1S/C31H34N2O5/c1-32(26(35)12-7-19-5-9-22(37-2)10-6-19)23-13-14-31(36)25-17-21-8-11-24(34)28-27(21)30(31,29(23)38-28)15-16-33(25)18-20-3-4-20/h5-6,8-11,20,23,25,29,34,36H,3-4,13-18H2,1-2H3/t23?,25-,29?,30-,31?/m0/s1. The second-order valence-corrected chi connectivity index (χ2v) is 11.8. The van der Waals surface area contributed by atoms with Crippen LogP contribution in [-0.2, 0) is 16.6 Å². The van der Waals surface area contributed by atoms with Crippen LogP contribution in [0.4, 0.5) is 0 Å². The van der Waals surface area contributed by atoms with E-state index in [1.807, 2.05) is 30.3 Å². The van der Waals surface area contributed by atoms with E-state index in [2.05, 4.69) is 16.7 Å². The fourth-order valence-corrected chi connectivity index (χ4v) is 7.89. The van der Waals surface area contributed by atoms with Crippen LogP contribution >= 0.6 is 0 Å². The Balaban J connectivity index is 1.23. The highest BCUT2D eigenvalue weighted by molar-refractivity contribution is 5.94. The van der Waals surface area contributed by atoms with Gasteiger partial charge in [0.2, 0.25) is 0 Å². The molecule has 1 saturated heterocycles. The molecule has 7 nitrogen and oxygen atoms in total. The Morgan fingerprint density at radius 3 is 2.71 bits per heavy atom. The molecule has 2 saturated carbocycles. The van der Waals surface area contributed by atoms with Gasteiger partial charge in [0.1, 0.15) is 11.9 Å². The third-order valence-electron chi connectivity index (χ3n) is 9.95. The first-order valence-corrected chi connectivity index (χ1v) is 13.8. The Labute approximate surface area is 223 Å². The molecule has 2 heterocycles. The molecule has 38 heavy (non-hydrogen) atoms. The molecule has 5 aliphatic rings. The number of nitrogens with zero attached hydrogens (tertiary/aromatic N) is 2. The lowest BCUT2D eigenvalue weighted by atomic mass is 9.48. The van der Waals surface area contributed by atoms with Gasteiger partial charge >= 0.3 is 0 Å². The first-order valence-electron chi connectivity index (χ1n) is 13.8. The summed E-state index contributed by atoms with van der Waals surface area (Å²) < 4.78 is 11.8. The Morgan fingerprint density at radius 2 is 1.97 bits per heavy atom. The molecule has 7 rings (SSSR count). The number of likely N-dealkylation sites (tertiary alicyclic amines) is 1. The zero-order valence-corrected chi connectivity index (χ0v) is 21.9. The van der Waals surface area contributed by atoms with E-state index in [0.717, 1.165) is 54.3 Å². The van der Waals surface area contributed by atoms with Gasteiger partial charge in [-0.2, -0.15) is 0 Å². The van der Waals surface area contributed by atoms with Crippen LogP contribution in [0.5, 0.6) is 17.2 Å². The van der Waals surface area contributed by atoms with Crippen LogP contribution in [0.15, 0.2) is 36.4 Å². The Kier molecular flexibility index (Phi) is 5.27. The van der Waals surface area contributed by atoms with Gasteiger partial charge in [-0.1, -0.05) is 12.0 Å². The average molecular weight is 515 g/mol. The van der Waals surface area contributed by atoms with E-state index >= 15 is 0 Å². The number of benzene rings is 2. The fraction of sp³-hybridized carbons (Fsp3) is 0.516. The lowest BCUT2D eigenvalue weighted by Crippen LogP contribution is -2.78. The zero-order valence-electron chi connectivity index (χ0n) is 21.9. The van der Waals surface area contributed by atoms with Crippen molar-refractivity contribution in [2.24, 2.45) is 5.92 Å². The summed E-state index contributed by atoms with van der Waals surface area (Å²) in [6.07, 6.45) is 4.83. The molecular weight excluding hydrogens is 480 g/mol. The van der Waals surface area contributed by atoms with Gasteiger partial charge in [-0.25, -0.2) is 0 Å². The molecule has 198 valence electrons. The van der Waals surface area contributed by atoms with Gasteiger partial charge in [0.05, 0.1) is 24.2 Å². The highest BCUT2D eigenvalue weighted by Crippen LogP contribution is 2.66. The minimum absolute atomic E-state index is 0.0164. The molecular formula is C31H34N2O5. The molecule has 1 spiro atoms. The topological polar surface area (TPSA) is 82.5 Å². The number of carbonyl (C=O) groups is 1. The molecule has 0 aromatic heterocycles. The molecule has 5 atom stereocenters. The molecule has 3 fully saturated rings. The van der Waals surface area contributed by atoms with Crippen LogP contribution in [0, 0.1) is 17.8 Å². The number of aromatic hydroxyl groups is 1. The van der Waals surface area contributed by atoms with Crippen LogP contribution in [-0.4, -0.2) is 77.0 Å². The lowest BCUT2D eigenvalue weighted by molar-refractivity contribution is -0.199. The molecule has 2 N–H and O–H groups in total. The number of phenols is 1. The second kappa shape index (κ2) is 8.39. The van der Waals surface area contributed by atoms with Crippen molar-refractivity contribution in [3.05, 3.63) is 53.1 Å². The molecule has 3 aliphatic carbocycles. The van der Waals surface area contributed by atoms with E-state index in [0.29, 0.717) is 18.6 Å². The van der Waals surface area contributed by atoms with Crippen molar-refractivity contribution in [1.82, 2.24) is 9.80 Å². The molecule has 2 aromatic rings. The number of piperidine rings is 1. The van der Waals surface area contributed by atoms with E-state index in [1.54, 1.807) is 25.1 Å². The molecule has 1 amide bonds. The number of hydrogen-bond donors (Lipinski definition) is 2. The highest BCUT2D eigenvalue weighted by atomic mass is 16.5. The van der Waals surface area contributed by atoms with Crippen LogP contribution in [0.1, 0.15) is 48.8 Å². The molecule has 2 aromatic carbocycles. The normalized spacial score (nSPS) is 32.4. The smallest absolute Gasteiger partial charge is 0.298 e. The van der Waals surface area contributed by atoms with Gasteiger partial charge < -0.3 is 24.6 Å². The Bertz CT molecular complexity index is 1360. The molecule has 2 aliphatic heterocycles. The largest absolute Gasteiger partial charge is 0.504 e.